The largest absolute Gasteiger partial charge is 0.397 e. The Hall–Kier alpha value is -2.47. The average Bonchev–Trinajstić information content (AvgIpc) is 3.03. The number of benzene rings is 1. The molecule has 1 aromatic carbocycles. The number of amides is 1. The van der Waals surface area contributed by atoms with Crippen molar-refractivity contribution in [1.82, 2.24) is 4.98 Å². The zero-order valence-corrected chi connectivity index (χ0v) is 17.8. The minimum atomic E-state index is -0.344. The van der Waals surface area contributed by atoms with Gasteiger partial charge in [-0.25, -0.2) is 9.37 Å². The molecule has 4 nitrogen and oxygen atoms in total. The summed E-state index contributed by atoms with van der Waals surface area (Å²) in [6.45, 7) is 6.93. The molecular weight excluding hydrogens is 385 g/mol. The van der Waals surface area contributed by atoms with E-state index in [4.69, 9.17) is 10.7 Å². The minimum absolute atomic E-state index is 0.292. The van der Waals surface area contributed by atoms with Gasteiger partial charge in [0.25, 0.3) is 5.91 Å². The number of thiophene rings is 1. The number of hydrogen-bond acceptors (Lipinski definition) is 4. The molecule has 29 heavy (non-hydrogen) atoms. The van der Waals surface area contributed by atoms with Gasteiger partial charge in [-0.2, -0.15) is 0 Å². The fourth-order valence-corrected chi connectivity index (χ4v) is 5.03. The third-order valence-corrected chi connectivity index (χ3v) is 7.52. The van der Waals surface area contributed by atoms with Crippen LogP contribution in [0.2, 0.25) is 0 Å². The van der Waals surface area contributed by atoms with Gasteiger partial charge in [-0.15, -0.1) is 11.3 Å². The average molecular weight is 412 g/mol. The normalized spacial score (nSPS) is 16.6. The summed E-state index contributed by atoms with van der Waals surface area (Å²) in [4.78, 5) is 18.8. The highest BCUT2D eigenvalue weighted by Crippen LogP contribution is 2.42. The number of rotatable bonds is 4. The number of aryl methyl sites for hydroxylation is 1. The fourth-order valence-electron chi connectivity index (χ4n) is 4.04. The summed E-state index contributed by atoms with van der Waals surface area (Å²) in [7, 11) is 0. The van der Waals surface area contributed by atoms with Crippen molar-refractivity contribution in [2.45, 2.75) is 46.5 Å². The summed E-state index contributed by atoms with van der Waals surface area (Å²) in [5.74, 6) is -0.0101. The lowest BCUT2D eigenvalue weighted by molar-refractivity contribution is 0.103. The molecule has 3 aromatic rings. The number of nitrogens with one attached hydrogen (secondary N) is 1. The molecule has 0 saturated carbocycles. The van der Waals surface area contributed by atoms with Crippen LogP contribution < -0.4 is 11.1 Å². The van der Waals surface area contributed by atoms with Crippen molar-refractivity contribution in [3.63, 3.8) is 0 Å². The number of halogens is 1. The maximum absolute atomic E-state index is 13.1. The molecule has 2 heterocycles. The lowest BCUT2D eigenvalue weighted by Gasteiger charge is -2.36. The van der Waals surface area contributed by atoms with Gasteiger partial charge in [0, 0.05) is 16.8 Å². The Balaban J connectivity index is 1.64. The second-order valence-electron chi connectivity index (χ2n) is 8.53. The van der Waals surface area contributed by atoms with Crippen molar-refractivity contribution in [3.8, 4) is 0 Å². The van der Waals surface area contributed by atoms with E-state index in [1.807, 2.05) is 0 Å². The molecule has 0 aliphatic heterocycles. The smallest absolute Gasteiger partial charge is 0.267 e. The second kappa shape index (κ2) is 7.41. The molecule has 152 valence electrons. The highest BCUT2D eigenvalue weighted by atomic mass is 32.1. The topological polar surface area (TPSA) is 68.0 Å². The molecule has 4 rings (SSSR count). The highest BCUT2D eigenvalue weighted by Gasteiger charge is 2.32. The first kappa shape index (κ1) is 19.8. The third kappa shape index (κ3) is 3.73. The summed E-state index contributed by atoms with van der Waals surface area (Å²) in [6, 6.07) is 7.82. The summed E-state index contributed by atoms with van der Waals surface area (Å²) < 4.78 is 13.1. The summed E-state index contributed by atoms with van der Waals surface area (Å²) >= 11 is 1.32. The lowest BCUT2D eigenvalue weighted by atomic mass is 9.69. The molecule has 0 saturated heterocycles. The van der Waals surface area contributed by atoms with Crippen LogP contribution in [0.4, 0.5) is 15.8 Å². The van der Waals surface area contributed by atoms with Gasteiger partial charge >= 0.3 is 0 Å². The maximum Gasteiger partial charge on any atom is 0.267 e. The number of pyridine rings is 1. The molecule has 1 aliphatic carbocycles. The van der Waals surface area contributed by atoms with Gasteiger partial charge in [0.15, 0.2) is 0 Å². The molecule has 1 atom stereocenters. The van der Waals surface area contributed by atoms with Crippen molar-refractivity contribution in [2.75, 3.05) is 11.1 Å². The number of carbonyl (C=O) groups is 1. The number of nitrogens with zero attached hydrogens (tertiary/aromatic N) is 1. The molecule has 1 unspecified atom stereocenters. The predicted octanol–water partition coefficient (Wildman–Crippen LogP) is 5.81. The summed E-state index contributed by atoms with van der Waals surface area (Å²) in [5.41, 5.74) is 10.0. The Kier molecular flexibility index (Phi) is 5.07. The van der Waals surface area contributed by atoms with Crippen molar-refractivity contribution in [1.29, 1.82) is 0 Å². The van der Waals surface area contributed by atoms with E-state index >= 15 is 0 Å². The Morgan fingerprint density at radius 2 is 2.07 bits per heavy atom. The van der Waals surface area contributed by atoms with E-state index in [-0.39, 0.29) is 11.7 Å². The van der Waals surface area contributed by atoms with Crippen molar-refractivity contribution < 1.29 is 9.18 Å². The highest BCUT2D eigenvalue weighted by molar-refractivity contribution is 7.21. The van der Waals surface area contributed by atoms with Gasteiger partial charge in [-0.3, -0.25) is 4.79 Å². The van der Waals surface area contributed by atoms with Crippen LogP contribution in [-0.4, -0.2) is 10.9 Å². The van der Waals surface area contributed by atoms with Crippen molar-refractivity contribution >= 4 is 38.8 Å². The fraction of sp³-hybridized carbons (Fsp3) is 0.391. The Morgan fingerprint density at radius 1 is 1.34 bits per heavy atom. The quantitative estimate of drug-likeness (QED) is 0.569. The van der Waals surface area contributed by atoms with Gasteiger partial charge < -0.3 is 11.1 Å². The summed E-state index contributed by atoms with van der Waals surface area (Å²) in [6.07, 6.45) is 4.27. The van der Waals surface area contributed by atoms with Gasteiger partial charge in [0.05, 0.1) is 5.69 Å². The molecule has 6 heteroatoms. The van der Waals surface area contributed by atoms with Crippen LogP contribution in [0.25, 0.3) is 10.2 Å². The van der Waals surface area contributed by atoms with Crippen LogP contribution in [0.3, 0.4) is 0 Å². The Bertz CT molecular complexity index is 1070. The molecule has 0 spiro atoms. The number of aromatic nitrogens is 1. The first-order valence-electron chi connectivity index (χ1n) is 10.1. The molecule has 3 N–H and O–H groups in total. The monoisotopic (exact) mass is 411 g/mol. The zero-order chi connectivity index (χ0) is 20.8. The van der Waals surface area contributed by atoms with Crippen LogP contribution in [0.15, 0.2) is 30.3 Å². The van der Waals surface area contributed by atoms with E-state index in [2.05, 4.69) is 32.2 Å². The van der Waals surface area contributed by atoms with E-state index in [0.717, 1.165) is 41.6 Å². The molecule has 0 bridgehead atoms. The molecule has 0 radical (unpaired) electrons. The Labute approximate surface area is 174 Å². The van der Waals surface area contributed by atoms with Gasteiger partial charge in [-0.05, 0) is 66.5 Å². The van der Waals surface area contributed by atoms with E-state index < -0.39 is 0 Å². The number of anilines is 2. The molecule has 0 fully saturated rings. The molecule has 1 amide bonds. The summed E-state index contributed by atoms with van der Waals surface area (Å²) in [5, 5.41) is 3.64. The minimum Gasteiger partial charge on any atom is -0.397 e. The number of carbonyl (C=O) groups excluding carboxylic acids is 1. The van der Waals surface area contributed by atoms with Gasteiger partial charge in [-0.1, -0.05) is 27.2 Å². The van der Waals surface area contributed by atoms with E-state index in [1.165, 1.54) is 41.2 Å². The zero-order valence-electron chi connectivity index (χ0n) is 17.0. The SMILES string of the molecule is CCC(C)(C)C1CCc2nc3sc(C(=O)Nc4ccc(F)cc4)c(N)c3cc2C1. The number of nitrogens with two attached hydrogens (primary N) is 1. The van der Waals surface area contributed by atoms with Crippen molar-refractivity contribution in [2.24, 2.45) is 11.3 Å². The van der Waals surface area contributed by atoms with E-state index in [9.17, 15) is 9.18 Å². The molecule has 1 aliphatic rings. The Morgan fingerprint density at radius 3 is 2.76 bits per heavy atom. The first-order chi connectivity index (χ1) is 13.8. The van der Waals surface area contributed by atoms with Crippen molar-refractivity contribution in [3.05, 3.63) is 52.3 Å². The number of hydrogen-bond donors (Lipinski definition) is 2. The predicted molar refractivity (Wildman–Crippen MR) is 118 cm³/mol. The molecular formula is C23H26FN3OS. The van der Waals surface area contributed by atoms with Crippen LogP contribution in [0.1, 0.15) is 54.5 Å². The van der Waals surface area contributed by atoms with E-state index in [0.29, 0.717) is 27.6 Å². The first-order valence-corrected chi connectivity index (χ1v) is 10.9. The standard InChI is InChI=1S/C23H26FN3OS/c1-4-23(2,3)14-5-10-18-13(11-14)12-17-19(25)20(29-22(17)27-18)21(28)26-16-8-6-15(24)7-9-16/h6-9,12,14H,4-5,10-11,25H2,1-3H3,(H,26,28). The lowest BCUT2D eigenvalue weighted by Crippen LogP contribution is -2.29. The van der Waals surface area contributed by atoms with E-state index in [1.54, 1.807) is 0 Å². The second-order valence-corrected chi connectivity index (χ2v) is 9.53. The van der Waals surface area contributed by atoms with Crippen LogP contribution in [-0.2, 0) is 12.8 Å². The number of nitrogen functional groups attached to an aromatic ring is 1. The third-order valence-electron chi connectivity index (χ3n) is 6.41. The van der Waals surface area contributed by atoms with Gasteiger partial charge in [0.2, 0.25) is 0 Å². The number of fused-ring (bicyclic) bond motifs is 2. The maximum atomic E-state index is 13.1. The van der Waals surface area contributed by atoms with Crippen LogP contribution in [0, 0.1) is 17.2 Å². The molecule has 2 aromatic heterocycles. The van der Waals surface area contributed by atoms with Gasteiger partial charge in [0.1, 0.15) is 15.5 Å². The van der Waals surface area contributed by atoms with Crippen LogP contribution in [0.5, 0.6) is 0 Å². The van der Waals surface area contributed by atoms with Crippen LogP contribution >= 0.6 is 11.3 Å².